The lowest BCUT2D eigenvalue weighted by atomic mass is 10.2. The number of nitrogens with zero attached hydrogens (tertiary/aromatic N) is 4. The highest BCUT2D eigenvalue weighted by atomic mass is 32.2. The summed E-state index contributed by atoms with van der Waals surface area (Å²) in [7, 11) is -2.70. The number of fused-ring (bicyclic) bond motifs is 3. The first kappa shape index (κ1) is 20.6. The number of primary sulfonamides is 1. The maximum atomic E-state index is 14.3. The summed E-state index contributed by atoms with van der Waals surface area (Å²) < 4.78 is 44.1. The van der Waals surface area contributed by atoms with Gasteiger partial charge >= 0.3 is 0 Å². The van der Waals surface area contributed by atoms with Crippen molar-refractivity contribution in [1.82, 2.24) is 19.5 Å². The molecule has 1 amide bonds. The van der Waals surface area contributed by atoms with Crippen LogP contribution in [0.15, 0.2) is 41.4 Å². The minimum atomic E-state index is -4.19. The molecule has 0 saturated carbocycles. The molecule has 0 unspecified atom stereocenters. The Morgan fingerprint density at radius 1 is 1.23 bits per heavy atom. The van der Waals surface area contributed by atoms with Gasteiger partial charge in [-0.1, -0.05) is 6.07 Å². The Labute approximate surface area is 175 Å². The molecule has 0 radical (unpaired) electrons. The van der Waals surface area contributed by atoms with Gasteiger partial charge in [0.25, 0.3) is 0 Å². The van der Waals surface area contributed by atoms with E-state index in [1.54, 1.807) is 16.7 Å². The number of methoxy groups -OCH3 is 1. The van der Waals surface area contributed by atoms with Crippen LogP contribution in [0.3, 0.4) is 0 Å². The summed E-state index contributed by atoms with van der Waals surface area (Å²) in [6, 6.07) is 7.03. The molecule has 0 aliphatic rings. The molecule has 12 heteroatoms. The van der Waals surface area contributed by atoms with Crippen LogP contribution in [-0.2, 0) is 27.8 Å². The van der Waals surface area contributed by atoms with Crippen LogP contribution < -0.4 is 15.6 Å². The first-order valence-corrected chi connectivity index (χ1v) is 10.5. The van der Waals surface area contributed by atoms with Crippen molar-refractivity contribution in [2.45, 2.75) is 17.9 Å². The Bertz CT molecular complexity index is 1450. The van der Waals surface area contributed by atoms with Crippen molar-refractivity contribution < 1.29 is 22.3 Å². The van der Waals surface area contributed by atoms with Crippen LogP contribution in [0.25, 0.3) is 22.1 Å². The molecule has 4 aromatic rings. The Balaban J connectivity index is 1.91. The number of halogens is 1. The number of nitrogens with two attached hydrogens (primary N) is 2. The van der Waals surface area contributed by atoms with Crippen molar-refractivity contribution >= 4 is 38.0 Å². The minimum absolute atomic E-state index is 0.0894. The molecule has 0 aliphatic carbocycles. The predicted molar refractivity (Wildman–Crippen MR) is 109 cm³/mol. The quantitative estimate of drug-likeness (QED) is 0.446. The second-order valence-corrected chi connectivity index (χ2v) is 8.31. The number of hydrogen-bond acceptors (Lipinski definition) is 7. The van der Waals surface area contributed by atoms with Crippen LogP contribution in [-0.4, -0.2) is 41.0 Å². The Morgan fingerprint density at radius 3 is 2.65 bits per heavy atom. The third kappa shape index (κ3) is 3.90. The highest BCUT2D eigenvalue weighted by molar-refractivity contribution is 7.89. The fourth-order valence-corrected chi connectivity index (χ4v) is 3.95. The van der Waals surface area contributed by atoms with Gasteiger partial charge in [0, 0.05) is 18.0 Å². The zero-order valence-corrected chi connectivity index (χ0v) is 17.1. The molecule has 4 rings (SSSR count). The molecule has 1 aromatic carbocycles. The van der Waals surface area contributed by atoms with Crippen molar-refractivity contribution in [2.75, 3.05) is 7.11 Å². The number of benzene rings is 1. The number of amides is 1. The number of rotatable bonds is 6. The molecule has 0 spiro atoms. The number of imidazole rings is 1. The number of sulfonamides is 1. The zero-order chi connectivity index (χ0) is 22.3. The topological polar surface area (TPSA) is 156 Å². The summed E-state index contributed by atoms with van der Waals surface area (Å²) >= 11 is 0. The molecule has 3 heterocycles. The van der Waals surface area contributed by atoms with Crippen LogP contribution >= 0.6 is 0 Å². The monoisotopic (exact) mass is 444 g/mol. The fraction of sp³-hybridized carbons (Fsp3) is 0.158. The summed E-state index contributed by atoms with van der Waals surface area (Å²) in [5.74, 6) is -0.838. The van der Waals surface area contributed by atoms with Crippen LogP contribution in [0, 0.1) is 5.82 Å². The maximum Gasteiger partial charge on any atom is 0.240 e. The lowest BCUT2D eigenvalue weighted by Gasteiger charge is -2.11. The molecular weight excluding hydrogens is 427 g/mol. The lowest BCUT2D eigenvalue weighted by Crippen LogP contribution is -2.18. The van der Waals surface area contributed by atoms with E-state index in [0.717, 1.165) is 12.1 Å². The van der Waals surface area contributed by atoms with Gasteiger partial charge in [-0.05, 0) is 23.8 Å². The molecule has 0 fully saturated rings. The number of carbonyl (C=O) groups excluding carboxylic acids is 1. The SMILES string of the molecule is COc1ccc2c(ncc3nc(CC(N)=O)n(Cc4ccc(S(N)(=O)=O)c(F)c4)c32)n1. The minimum Gasteiger partial charge on any atom is -0.481 e. The molecule has 0 bridgehead atoms. The Kier molecular flexibility index (Phi) is 5.03. The van der Waals surface area contributed by atoms with E-state index < -0.39 is 26.6 Å². The molecule has 0 aliphatic heterocycles. The highest BCUT2D eigenvalue weighted by Crippen LogP contribution is 2.27. The second kappa shape index (κ2) is 7.56. The van der Waals surface area contributed by atoms with Gasteiger partial charge in [0.05, 0.1) is 25.2 Å². The number of pyridine rings is 2. The normalized spacial score (nSPS) is 11.8. The smallest absolute Gasteiger partial charge is 0.240 e. The van der Waals surface area contributed by atoms with E-state index in [-0.39, 0.29) is 13.0 Å². The third-order valence-corrected chi connectivity index (χ3v) is 5.62. The number of aromatic nitrogens is 4. The Hall–Kier alpha value is -3.64. The number of hydrogen-bond donors (Lipinski definition) is 2. The van der Waals surface area contributed by atoms with Crippen molar-refractivity contribution in [3.63, 3.8) is 0 Å². The van der Waals surface area contributed by atoms with Gasteiger partial charge in [0.15, 0.2) is 5.65 Å². The van der Waals surface area contributed by atoms with E-state index >= 15 is 0 Å². The van der Waals surface area contributed by atoms with E-state index in [2.05, 4.69) is 15.0 Å². The van der Waals surface area contributed by atoms with Crippen molar-refractivity contribution in [3.8, 4) is 5.88 Å². The van der Waals surface area contributed by atoms with E-state index in [0.29, 0.717) is 39.3 Å². The number of primary amides is 1. The average Bonchev–Trinajstić information content (AvgIpc) is 3.03. The first-order valence-electron chi connectivity index (χ1n) is 8.96. The second-order valence-electron chi connectivity index (χ2n) is 6.78. The van der Waals surface area contributed by atoms with Gasteiger partial charge in [-0.25, -0.2) is 27.9 Å². The Morgan fingerprint density at radius 2 is 2.00 bits per heavy atom. The first-order chi connectivity index (χ1) is 14.7. The zero-order valence-electron chi connectivity index (χ0n) is 16.2. The summed E-state index contributed by atoms with van der Waals surface area (Å²) in [4.78, 5) is 24.0. The summed E-state index contributed by atoms with van der Waals surface area (Å²) in [6.07, 6.45) is 1.35. The molecule has 31 heavy (non-hydrogen) atoms. The molecule has 3 aromatic heterocycles. The molecule has 0 saturated heterocycles. The van der Waals surface area contributed by atoms with Gasteiger partial charge < -0.3 is 15.0 Å². The summed E-state index contributed by atoms with van der Waals surface area (Å²) in [6.45, 7) is 0.0894. The maximum absolute atomic E-state index is 14.3. The van der Waals surface area contributed by atoms with Crippen molar-refractivity contribution in [2.24, 2.45) is 10.9 Å². The van der Waals surface area contributed by atoms with Gasteiger partial charge in [0.1, 0.15) is 22.1 Å². The number of ether oxygens (including phenoxy) is 1. The third-order valence-electron chi connectivity index (χ3n) is 4.67. The molecular formula is C19H17FN6O4S. The van der Waals surface area contributed by atoms with Gasteiger partial charge in [-0.2, -0.15) is 4.98 Å². The molecule has 0 atom stereocenters. The van der Waals surface area contributed by atoms with Gasteiger partial charge in [-0.3, -0.25) is 4.79 Å². The van der Waals surface area contributed by atoms with Gasteiger partial charge in [-0.15, -0.1) is 0 Å². The standard InChI is InChI=1S/C19H17FN6O4S/c1-30-17-5-3-11-18-13(8-23-19(11)25-17)24-16(7-15(21)27)26(18)9-10-2-4-14(12(20)6-10)31(22,28)29/h2-6,8H,7,9H2,1H3,(H2,21,27)(H2,22,28,29). The fourth-order valence-electron chi connectivity index (χ4n) is 3.36. The van der Waals surface area contributed by atoms with E-state index in [1.165, 1.54) is 19.4 Å². The van der Waals surface area contributed by atoms with E-state index in [9.17, 15) is 17.6 Å². The van der Waals surface area contributed by atoms with E-state index in [1.807, 2.05) is 0 Å². The summed E-state index contributed by atoms with van der Waals surface area (Å²) in [5.41, 5.74) is 7.32. The summed E-state index contributed by atoms with van der Waals surface area (Å²) in [5, 5.41) is 5.67. The van der Waals surface area contributed by atoms with Crippen LogP contribution in [0.5, 0.6) is 5.88 Å². The highest BCUT2D eigenvalue weighted by Gasteiger charge is 2.19. The van der Waals surface area contributed by atoms with Crippen molar-refractivity contribution in [1.29, 1.82) is 0 Å². The molecule has 10 nitrogen and oxygen atoms in total. The van der Waals surface area contributed by atoms with Crippen LogP contribution in [0.2, 0.25) is 0 Å². The van der Waals surface area contributed by atoms with Crippen LogP contribution in [0.1, 0.15) is 11.4 Å². The van der Waals surface area contributed by atoms with Crippen LogP contribution in [0.4, 0.5) is 4.39 Å². The van der Waals surface area contributed by atoms with Gasteiger partial charge in [0.2, 0.25) is 21.8 Å². The lowest BCUT2D eigenvalue weighted by molar-refractivity contribution is -0.117. The largest absolute Gasteiger partial charge is 0.481 e. The predicted octanol–water partition coefficient (Wildman–Crippen LogP) is 0.851. The van der Waals surface area contributed by atoms with E-state index in [4.69, 9.17) is 15.6 Å². The average molecular weight is 444 g/mol. The van der Waals surface area contributed by atoms with Crippen molar-refractivity contribution in [3.05, 3.63) is 53.7 Å². The molecule has 4 N–H and O–H groups in total. The molecule has 160 valence electrons. The number of carbonyl (C=O) groups is 1.